The second-order valence-electron chi connectivity index (χ2n) is 6.25. The van der Waals surface area contributed by atoms with Crippen LogP contribution in [0.1, 0.15) is 5.56 Å². The number of fused-ring (bicyclic) bond motifs is 1. The van der Waals surface area contributed by atoms with Crippen LogP contribution < -0.4 is 4.90 Å². The van der Waals surface area contributed by atoms with Gasteiger partial charge in [-0.3, -0.25) is 4.79 Å². The Balaban J connectivity index is 1.37. The van der Waals surface area contributed by atoms with E-state index >= 15 is 0 Å². The fourth-order valence-electron chi connectivity index (χ4n) is 3.15. The lowest BCUT2D eigenvalue weighted by atomic mass is 10.1. The van der Waals surface area contributed by atoms with Gasteiger partial charge in [0.2, 0.25) is 11.9 Å². The summed E-state index contributed by atoms with van der Waals surface area (Å²) < 4.78 is 0. The molecule has 25 heavy (non-hydrogen) atoms. The molecule has 2 heterocycles. The molecule has 0 unspecified atom stereocenters. The third kappa shape index (κ3) is 3.46. The molecule has 1 aliphatic rings. The zero-order chi connectivity index (χ0) is 17.2. The first-order valence-corrected chi connectivity index (χ1v) is 8.79. The molecule has 0 bridgehead atoms. The predicted molar refractivity (Wildman–Crippen MR) is 100 cm³/mol. The van der Waals surface area contributed by atoms with Gasteiger partial charge in [-0.2, -0.15) is 0 Å². The number of nitrogens with one attached hydrogen (secondary N) is 1. The van der Waals surface area contributed by atoms with Crippen LogP contribution in [-0.2, 0) is 11.2 Å². The molecule has 5 nitrogen and oxygen atoms in total. The number of imidazole rings is 1. The van der Waals surface area contributed by atoms with E-state index in [0.717, 1.165) is 35.6 Å². The van der Waals surface area contributed by atoms with E-state index in [4.69, 9.17) is 11.6 Å². The van der Waals surface area contributed by atoms with Crippen molar-refractivity contribution in [2.75, 3.05) is 31.1 Å². The van der Waals surface area contributed by atoms with E-state index in [1.54, 1.807) is 0 Å². The molecule has 1 fully saturated rings. The molecule has 0 atom stereocenters. The number of carbonyl (C=O) groups is 1. The summed E-state index contributed by atoms with van der Waals surface area (Å²) in [4.78, 5) is 24.6. The highest BCUT2D eigenvalue weighted by Crippen LogP contribution is 2.19. The van der Waals surface area contributed by atoms with E-state index in [9.17, 15) is 4.79 Å². The van der Waals surface area contributed by atoms with Crippen LogP contribution in [0.15, 0.2) is 48.5 Å². The molecule has 0 radical (unpaired) electrons. The Morgan fingerprint density at radius 2 is 1.76 bits per heavy atom. The zero-order valence-electron chi connectivity index (χ0n) is 13.8. The molecular weight excluding hydrogens is 336 g/mol. The topological polar surface area (TPSA) is 52.2 Å². The van der Waals surface area contributed by atoms with Crippen LogP contribution in [0.5, 0.6) is 0 Å². The summed E-state index contributed by atoms with van der Waals surface area (Å²) in [6.07, 6.45) is 0.418. The second kappa shape index (κ2) is 6.76. The summed E-state index contributed by atoms with van der Waals surface area (Å²) in [5.41, 5.74) is 3.01. The summed E-state index contributed by atoms with van der Waals surface area (Å²) in [6, 6.07) is 15.5. The van der Waals surface area contributed by atoms with Crippen molar-refractivity contribution in [1.82, 2.24) is 14.9 Å². The molecule has 4 rings (SSSR count). The van der Waals surface area contributed by atoms with Gasteiger partial charge >= 0.3 is 0 Å². The molecule has 3 aromatic rings. The number of H-pyrrole nitrogens is 1. The number of nitrogens with zero attached hydrogens (tertiary/aromatic N) is 3. The van der Waals surface area contributed by atoms with Gasteiger partial charge in [0.05, 0.1) is 17.5 Å². The standard InChI is InChI=1S/C19H19ClN4O/c20-15-7-5-14(6-8-15)13-18(25)23-9-11-24(12-10-23)19-21-16-3-1-2-4-17(16)22-19/h1-8H,9-13H2,(H,21,22). The molecule has 6 heteroatoms. The Morgan fingerprint density at radius 1 is 1.04 bits per heavy atom. The van der Waals surface area contributed by atoms with Gasteiger partial charge in [-0.05, 0) is 29.8 Å². The smallest absolute Gasteiger partial charge is 0.227 e. The molecule has 0 spiro atoms. The van der Waals surface area contributed by atoms with Crippen molar-refractivity contribution in [3.05, 3.63) is 59.1 Å². The maximum absolute atomic E-state index is 12.5. The van der Waals surface area contributed by atoms with Gasteiger partial charge in [0, 0.05) is 31.2 Å². The quantitative estimate of drug-likeness (QED) is 0.786. The number of anilines is 1. The third-order valence-corrected chi connectivity index (χ3v) is 4.83. The van der Waals surface area contributed by atoms with Crippen molar-refractivity contribution < 1.29 is 4.79 Å². The zero-order valence-corrected chi connectivity index (χ0v) is 14.5. The molecule has 0 aliphatic carbocycles. The summed E-state index contributed by atoms with van der Waals surface area (Å²) in [5.74, 6) is 1.04. The van der Waals surface area contributed by atoms with Crippen LogP contribution >= 0.6 is 11.6 Å². The van der Waals surface area contributed by atoms with Crippen LogP contribution in [0.3, 0.4) is 0 Å². The molecular formula is C19H19ClN4O. The first-order chi connectivity index (χ1) is 12.2. The number of amides is 1. The number of hydrogen-bond donors (Lipinski definition) is 1. The minimum absolute atomic E-state index is 0.159. The van der Waals surface area contributed by atoms with Crippen LogP contribution in [-0.4, -0.2) is 47.0 Å². The van der Waals surface area contributed by atoms with Crippen LogP contribution in [0.2, 0.25) is 5.02 Å². The van der Waals surface area contributed by atoms with E-state index in [2.05, 4.69) is 14.9 Å². The number of halogens is 1. The number of aromatic amines is 1. The molecule has 1 saturated heterocycles. The number of aromatic nitrogens is 2. The molecule has 1 N–H and O–H groups in total. The lowest BCUT2D eigenvalue weighted by Crippen LogP contribution is -2.49. The van der Waals surface area contributed by atoms with E-state index < -0.39 is 0 Å². The lowest BCUT2D eigenvalue weighted by Gasteiger charge is -2.34. The number of para-hydroxylation sites is 2. The number of piperazine rings is 1. The second-order valence-corrected chi connectivity index (χ2v) is 6.69. The largest absolute Gasteiger partial charge is 0.339 e. The Hall–Kier alpha value is -2.53. The Labute approximate surface area is 151 Å². The fraction of sp³-hybridized carbons (Fsp3) is 0.263. The van der Waals surface area contributed by atoms with Crippen molar-refractivity contribution in [3.8, 4) is 0 Å². The summed E-state index contributed by atoms with van der Waals surface area (Å²) >= 11 is 5.89. The molecule has 0 saturated carbocycles. The maximum atomic E-state index is 12.5. The predicted octanol–water partition coefficient (Wildman–Crippen LogP) is 3.11. The van der Waals surface area contributed by atoms with Gasteiger partial charge in [0.15, 0.2) is 0 Å². The molecule has 128 valence electrons. The number of carbonyl (C=O) groups excluding carboxylic acids is 1. The van der Waals surface area contributed by atoms with Gasteiger partial charge in [-0.25, -0.2) is 4.98 Å². The highest BCUT2D eigenvalue weighted by Gasteiger charge is 2.22. The number of benzene rings is 2. The van der Waals surface area contributed by atoms with Crippen molar-refractivity contribution in [2.24, 2.45) is 0 Å². The maximum Gasteiger partial charge on any atom is 0.227 e. The molecule has 1 aromatic heterocycles. The fourth-order valence-corrected chi connectivity index (χ4v) is 3.27. The normalized spacial score (nSPS) is 14.9. The summed E-state index contributed by atoms with van der Waals surface area (Å²) in [7, 11) is 0. The van der Waals surface area contributed by atoms with Crippen molar-refractivity contribution in [1.29, 1.82) is 0 Å². The monoisotopic (exact) mass is 354 g/mol. The average molecular weight is 355 g/mol. The Morgan fingerprint density at radius 3 is 2.48 bits per heavy atom. The minimum atomic E-state index is 0.159. The summed E-state index contributed by atoms with van der Waals surface area (Å²) in [6.45, 7) is 2.99. The molecule has 1 amide bonds. The third-order valence-electron chi connectivity index (χ3n) is 4.58. The van der Waals surface area contributed by atoms with Crippen LogP contribution in [0.25, 0.3) is 11.0 Å². The van der Waals surface area contributed by atoms with E-state index in [1.165, 1.54) is 0 Å². The minimum Gasteiger partial charge on any atom is -0.339 e. The highest BCUT2D eigenvalue weighted by atomic mass is 35.5. The van der Waals surface area contributed by atoms with Crippen molar-refractivity contribution in [3.63, 3.8) is 0 Å². The molecule has 1 aliphatic heterocycles. The van der Waals surface area contributed by atoms with Gasteiger partial charge in [0.1, 0.15) is 0 Å². The van der Waals surface area contributed by atoms with Crippen LogP contribution in [0, 0.1) is 0 Å². The first kappa shape index (κ1) is 16.0. The van der Waals surface area contributed by atoms with E-state index in [1.807, 2.05) is 53.4 Å². The van der Waals surface area contributed by atoms with Crippen LogP contribution in [0.4, 0.5) is 5.95 Å². The van der Waals surface area contributed by atoms with E-state index in [-0.39, 0.29) is 5.91 Å². The van der Waals surface area contributed by atoms with Gasteiger partial charge in [-0.15, -0.1) is 0 Å². The van der Waals surface area contributed by atoms with Gasteiger partial charge < -0.3 is 14.8 Å². The van der Waals surface area contributed by atoms with E-state index in [0.29, 0.717) is 24.5 Å². The number of rotatable bonds is 3. The highest BCUT2D eigenvalue weighted by molar-refractivity contribution is 6.30. The Kier molecular flexibility index (Phi) is 4.32. The first-order valence-electron chi connectivity index (χ1n) is 8.41. The molecule has 2 aromatic carbocycles. The Bertz CT molecular complexity index is 849. The average Bonchev–Trinajstić information content (AvgIpc) is 3.08. The van der Waals surface area contributed by atoms with Crippen molar-refractivity contribution >= 4 is 34.5 Å². The van der Waals surface area contributed by atoms with Crippen molar-refractivity contribution in [2.45, 2.75) is 6.42 Å². The SMILES string of the molecule is O=C(Cc1ccc(Cl)cc1)N1CCN(c2nc3ccccc3[nH]2)CC1. The summed E-state index contributed by atoms with van der Waals surface area (Å²) in [5, 5.41) is 0.690. The van der Waals surface area contributed by atoms with Gasteiger partial charge in [0.25, 0.3) is 0 Å². The lowest BCUT2D eigenvalue weighted by molar-refractivity contribution is -0.130. The number of hydrogen-bond acceptors (Lipinski definition) is 3. The van der Waals surface area contributed by atoms with Gasteiger partial charge in [-0.1, -0.05) is 35.9 Å².